The Morgan fingerprint density at radius 1 is 1.33 bits per heavy atom. The van der Waals surface area contributed by atoms with Crippen LogP contribution in [0.5, 0.6) is 0 Å². The van der Waals surface area contributed by atoms with Crippen LogP contribution in [0.4, 0.5) is 4.79 Å². The standard InChI is InChI=1S/C8H18N2O4S/c1-8(2,3)10-7(11)14-6-5-9-15(4,12)13/h9H,5-6H2,1-4H3,(H,10,11). The molecule has 0 saturated carbocycles. The molecule has 0 radical (unpaired) electrons. The summed E-state index contributed by atoms with van der Waals surface area (Å²) in [5, 5.41) is 2.58. The lowest BCUT2D eigenvalue weighted by Gasteiger charge is -2.19. The molecule has 1 amide bonds. The summed E-state index contributed by atoms with van der Waals surface area (Å²) in [6.07, 6.45) is 0.486. The molecule has 15 heavy (non-hydrogen) atoms. The van der Waals surface area contributed by atoms with Crippen molar-refractivity contribution in [3.63, 3.8) is 0 Å². The first-order valence-electron chi connectivity index (χ1n) is 4.50. The quantitative estimate of drug-likeness (QED) is 0.678. The monoisotopic (exact) mass is 238 g/mol. The minimum atomic E-state index is -3.22. The summed E-state index contributed by atoms with van der Waals surface area (Å²) in [6, 6.07) is 0. The molecular weight excluding hydrogens is 220 g/mol. The zero-order valence-corrected chi connectivity index (χ0v) is 10.3. The van der Waals surface area contributed by atoms with Gasteiger partial charge in [-0.05, 0) is 20.8 Å². The first kappa shape index (κ1) is 14.2. The van der Waals surface area contributed by atoms with Gasteiger partial charge in [0.25, 0.3) is 0 Å². The van der Waals surface area contributed by atoms with Crippen LogP contribution in [0.25, 0.3) is 0 Å². The molecule has 90 valence electrons. The first-order valence-corrected chi connectivity index (χ1v) is 6.39. The summed E-state index contributed by atoms with van der Waals surface area (Å²) in [7, 11) is -3.22. The van der Waals surface area contributed by atoms with Gasteiger partial charge in [0.15, 0.2) is 0 Å². The Bertz CT molecular complexity index is 305. The number of hydrogen-bond donors (Lipinski definition) is 2. The van der Waals surface area contributed by atoms with Crippen LogP contribution in [0.3, 0.4) is 0 Å². The van der Waals surface area contributed by atoms with Crippen molar-refractivity contribution in [1.29, 1.82) is 0 Å². The number of alkyl carbamates (subject to hydrolysis) is 1. The van der Waals surface area contributed by atoms with Gasteiger partial charge in [0.1, 0.15) is 6.61 Å². The van der Waals surface area contributed by atoms with Crippen LogP contribution >= 0.6 is 0 Å². The Balaban J connectivity index is 3.66. The van der Waals surface area contributed by atoms with Crippen molar-refractivity contribution in [3.8, 4) is 0 Å². The highest BCUT2D eigenvalue weighted by molar-refractivity contribution is 7.88. The number of hydrogen-bond acceptors (Lipinski definition) is 4. The van der Waals surface area contributed by atoms with Gasteiger partial charge in [-0.25, -0.2) is 17.9 Å². The third-order valence-corrected chi connectivity index (χ3v) is 1.91. The molecule has 0 aromatic rings. The van der Waals surface area contributed by atoms with Crippen LogP contribution in [0.15, 0.2) is 0 Å². The average Bonchev–Trinajstić information content (AvgIpc) is 1.92. The molecular formula is C8H18N2O4S. The number of nitrogens with one attached hydrogen (secondary N) is 2. The van der Waals surface area contributed by atoms with Crippen molar-refractivity contribution in [2.75, 3.05) is 19.4 Å². The van der Waals surface area contributed by atoms with Crippen molar-refractivity contribution >= 4 is 16.1 Å². The summed E-state index contributed by atoms with van der Waals surface area (Å²) < 4.78 is 28.2. The van der Waals surface area contributed by atoms with E-state index in [0.717, 1.165) is 6.26 Å². The molecule has 0 heterocycles. The van der Waals surface area contributed by atoms with Gasteiger partial charge in [-0.2, -0.15) is 0 Å². The predicted octanol–water partition coefficient (Wildman–Crippen LogP) is 0.0603. The Hall–Kier alpha value is -0.820. The van der Waals surface area contributed by atoms with E-state index in [1.165, 1.54) is 0 Å². The lowest BCUT2D eigenvalue weighted by atomic mass is 10.1. The van der Waals surface area contributed by atoms with E-state index < -0.39 is 16.1 Å². The fraction of sp³-hybridized carbons (Fsp3) is 0.875. The second kappa shape index (κ2) is 5.32. The van der Waals surface area contributed by atoms with Gasteiger partial charge >= 0.3 is 6.09 Å². The SMILES string of the molecule is CC(C)(C)NC(=O)OCCNS(C)(=O)=O. The number of ether oxygens (including phenoxy) is 1. The van der Waals surface area contributed by atoms with Crippen molar-refractivity contribution < 1.29 is 17.9 Å². The Kier molecular flexibility index (Phi) is 5.02. The second-order valence-corrected chi connectivity index (χ2v) is 6.01. The molecule has 0 unspecified atom stereocenters. The van der Waals surface area contributed by atoms with Gasteiger partial charge in [0.2, 0.25) is 10.0 Å². The van der Waals surface area contributed by atoms with Crippen LogP contribution in [0.1, 0.15) is 20.8 Å². The topological polar surface area (TPSA) is 84.5 Å². The highest BCUT2D eigenvalue weighted by Gasteiger charge is 2.14. The molecule has 0 atom stereocenters. The minimum absolute atomic E-state index is 0.00891. The lowest BCUT2D eigenvalue weighted by Crippen LogP contribution is -2.41. The van der Waals surface area contributed by atoms with Gasteiger partial charge < -0.3 is 10.1 Å². The number of carbonyl (C=O) groups excluding carboxylic acids is 1. The van der Waals surface area contributed by atoms with E-state index in [9.17, 15) is 13.2 Å². The zero-order chi connectivity index (χ0) is 12.1. The molecule has 7 heteroatoms. The molecule has 0 bridgehead atoms. The summed E-state index contributed by atoms with van der Waals surface area (Å²) in [5.74, 6) is 0. The summed E-state index contributed by atoms with van der Waals surface area (Å²) in [5.41, 5.74) is -0.360. The molecule has 0 aromatic heterocycles. The van der Waals surface area contributed by atoms with Crippen molar-refractivity contribution in [1.82, 2.24) is 10.0 Å². The van der Waals surface area contributed by atoms with Crippen LogP contribution in [-0.2, 0) is 14.8 Å². The van der Waals surface area contributed by atoms with Gasteiger partial charge in [-0.1, -0.05) is 0 Å². The molecule has 0 spiro atoms. The summed E-state index contributed by atoms with van der Waals surface area (Å²) in [4.78, 5) is 11.1. The number of amides is 1. The summed E-state index contributed by atoms with van der Waals surface area (Å²) >= 11 is 0. The van der Waals surface area contributed by atoms with Crippen molar-refractivity contribution in [2.45, 2.75) is 26.3 Å². The van der Waals surface area contributed by atoms with E-state index in [1.807, 2.05) is 20.8 Å². The average molecular weight is 238 g/mol. The van der Waals surface area contributed by atoms with Gasteiger partial charge in [0.05, 0.1) is 6.26 Å². The fourth-order valence-electron chi connectivity index (χ4n) is 0.713. The third-order valence-electron chi connectivity index (χ3n) is 1.18. The van der Waals surface area contributed by atoms with Crippen molar-refractivity contribution in [3.05, 3.63) is 0 Å². The van der Waals surface area contributed by atoms with Crippen molar-refractivity contribution in [2.24, 2.45) is 0 Å². The van der Waals surface area contributed by atoms with Gasteiger partial charge in [-0.3, -0.25) is 0 Å². The third kappa shape index (κ3) is 11.1. The molecule has 0 aliphatic carbocycles. The van der Waals surface area contributed by atoms with Gasteiger partial charge in [0, 0.05) is 12.1 Å². The summed E-state index contributed by atoms with van der Waals surface area (Å²) in [6.45, 7) is 5.56. The zero-order valence-electron chi connectivity index (χ0n) is 9.46. The number of carbonyl (C=O) groups is 1. The van der Waals surface area contributed by atoms with E-state index in [4.69, 9.17) is 4.74 Å². The van der Waals surface area contributed by atoms with E-state index in [1.54, 1.807) is 0 Å². The molecule has 0 aliphatic heterocycles. The predicted molar refractivity (Wildman–Crippen MR) is 57.1 cm³/mol. The Morgan fingerprint density at radius 3 is 2.27 bits per heavy atom. The molecule has 0 aromatic carbocycles. The molecule has 6 nitrogen and oxygen atoms in total. The van der Waals surface area contributed by atoms with Crippen LogP contribution in [-0.4, -0.2) is 39.5 Å². The smallest absolute Gasteiger partial charge is 0.407 e. The molecule has 0 rings (SSSR count). The highest BCUT2D eigenvalue weighted by Crippen LogP contribution is 1.98. The second-order valence-electron chi connectivity index (χ2n) is 4.18. The van der Waals surface area contributed by atoms with Crippen LogP contribution in [0, 0.1) is 0 Å². The van der Waals surface area contributed by atoms with Gasteiger partial charge in [-0.15, -0.1) is 0 Å². The van der Waals surface area contributed by atoms with E-state index in [-0.39, 0.29) is 18.7 Å². The first-order chi connectivity index (χ1) is 6.60. The maximum Gasteiger partial charge on any atom is 0.407 e. The van der Waals surface area contributed by atoms with Crippen LogP contribution in [0.2, 0.25) is 0 Å². The number of rotatable bonds is 4. The lowest BCUT2D eigenvalue weighted by molar-refractivity contribution is 0.139. The normalized spacial score (nSPS) is 12.3. The molecule has 0 fully saturated rings. The Morgan fingerprint density at radius 2 is 1.87 bits per heavy atom. The van der Waals surface area contributed by atoms with E-state index in [0.29, 0.717) is 0 Å². The molecule has 0 aliphatic rings. The van der Waals surface area contributed by atoms with E-state index in [2.05, 4.69) is 10.0 Å². The number of sulfonamides is 1. The minimum Gasteiger partial charge on any atom is -0.448 e. The molecule has 0 saturated heterocycles. The maximum absolute atomic E-state index is 11.1. The highest BCUT2D eigenvalue weighted by atomic mass is 32.2. The largest absolute Gasteiger partial charge is 0.448 e. The van der Waals surface area contributed by atoms with E-state index >= 15 is 0 Å². The van der Waals surface area contributed by atoms with Crippen LogP contribution < -0.4 is 10.0 Å². The molecule has 2 N–H and O–H groups in total. The Labute approximate surface area is 90.4 Å². The maximum atomic E-state index is 11.1. The fourth-order valence-corrected chi connectivity index (χ4v) is 1.17.